The molecule has 1 rings (SSSR count). The first-order chi connectivity index (χ1) is 12.5. The highest BCUT2D eigenvalue weighted by Gasteiger charge is 2.04. The first-order valence-corrected chi connectivity index (χ1v) is 7.58. The van der Waals surface area contributed by atoms with Gasteiger partial charge in [-0.15, -0.1) is 13.2 Å². The van der Waals surface area contributed by atoms with Crippen molar-refractivity contribution in [2.45, 2.75) is 0 Å². The van der Waals surface area contributed by atoms with Crippen LogP contribution in [0.2, 0.25) is 0 Å². The molecule has 0 fully saturated rings. The van der Waals surface area contributed by atoms with E-state index in [2.05, 4.69) is 29.9 Å². The van der Waals surface area contributed by atoms with Crippen LogP contribution < -0.4 is 9.47 Å². The highest BCUT2D eigenvalue weighted by atomic mass is 16.5. The maximum Gasteiger partial charge on any atom is 0.414 e. The van der Waals surface area contributed by atoms with Gasteiger partial charge in [-0.3, -0.25) is 4.90 Å². The lowest BCUT2D eigenvalue weighted by atomic mass is 10.3. The molecule has 0 saturated carbocycles. The van der Waals surface area contributed by atoms with Gasteiger partial charge in [-0.2, -0.15) is 0 Å². The van der Waals surface area contributed by atoms with Crippen molar-refractivity contribution < 1.29 is 29.3 Å². The van der Waals surface area contributed by atoms with E-state index in [4.69, 9.17) is 29.3 Å². The molecule has 7 nitrogen and oxygen atoms in total. The quantitative estimate of drug-likeness (QED) is 0.415. The maximum atomic E-state index is 9.10. The third kappa shape index (κ3) is 10.5. The lowest BCUT2D eigenvalue weighted by Gasteiger charge is -2.14. The molecule has 0 aliphatic heterocycles. The maximum absolute atomic E-state index is 9.10. The third-order valence-electron chi connectivity index (χ3n) is 2.75. The zero-order chi connectivity index (χ0) is 19.8. The van der Waals surface area contributed by atoms with Crippen LogP contribution in [0.1, 0.15) is 0 Å². The molecule has 0 bridgehead atoms. The fourth-order valence-corrected chi connectivity index (χ4v) is 1.64. The van der Waals surface area contributed by atoms with Gasteiger partial charge in [0.15, 0.2) is 11.5 Å². The fourth-order valence-electron chi connectivity index (χ4n) is 1.64. The second kappa shape index (κ2) is 14.1. The van der Waals surface area contributed by atoms with Crippen LogP contribution in [0, 0.1) is 11.8 Å². The number of hydrogen-bond acceptors (Lipinski definition) is 5. The summed E-state index contributed by atoms with van der Waals surface area (Å²) in [6.45, 7) is 10.1. The summed E-state index contributed by atoms with van der Waals surface area (Å²) in [5.41, 5.74) is 0. The van der Waals surface area contributed by atoms with Crippen LogP contribution in [0.4, 0.5) is 0 Å². The Hall–Kier alpha value is -3.24. The molecule has 0 amide bonds. The normalized spacial score (nSPS) is 9.00. The van der Waals surface area contributed by atoms with Gasteiger partial charge in [0.05, 0.1) is 13.7 Å². The van der Waals surface area contributed by atoms with E-state index < -0.39 is 11.9 Å². The molecule has 26 heavy (non-hydrogen) atoms. The van der Waals surface area contributed by atoms with Gasteiger partial charge in [0.2, 0.25) is 0 Å². The summed E-state index contributed by atoms with van der Waals surface area (Å²) in [7, 11) is 1.62. The number of carbonyl (C=O) groups is 2. The summed E-state index contributed by atoms with van der Waals surface area (Å²) >= 11 is 0. The number of para-hydroxylation sites is 2. The van der Waals surface area contributed by atoms with Crippen molar-refractivity contribution in [1.82, 2.24) is 4.90 Å². The van der Waals surface area contributed by atoms with Gasteiger partial charge in [-0.05, 0) is 12.1 Å². The lowest BCUT2D eigenvalue weighted by Crippen LogP contribution is -2.24. The van der Waals surface area contributed by atoms with E-state index in [1.54, 1.807) is 7.11 Å². The number of carboxylic acid groups (broad SMARTS) is 2. The second-order valence-corrected chi connectivity index (χ2v) is 4.67. The second-order valence-electron chi connectivity index (χ2n) is 4.67. The average Bonchev–Trinajstić information content (AvgIpc) is 2.62. The SMILES string of the molecule is C=CCN(CC#CCOc1ccccc1OC)CC=C.O=C(O)C(=O)O. The first-order valence-electron chi connectivity index (χ1n) is 7.58. The zero-order valence-corrected chi connectivity index (χ0v) is 14.7. The molecule has 140 valence electrons. The van der Waals surface area contributed by atoms with Gasteiger partial charge in [0.1, 0.15) is 6.61 Å². The van der Waals surface area contributed by atoms with E-state index >= 15 is 0 Å². The summed E-state index contributed by atoms with van der Waals surface area (Å²) in [5.74, 6) is 3.85. The molecule has 0 spiro atoms. The van der Waals surface area contributed by atoms with Crippen molar-refractivity contribution in [2.75, 3.05) is 33.4 Å². The zero-order valence-electron chi connectivity index (χ0n) is 14.7. The summed E-state index contributed by atoms with van der Waals surface area (Å²) in [6.07, 6.45) is 3.72. The van der Waals surface area contributed by atoms with Crippen molar-refractivity contribution in [3.05, 3.63) is 49.6 Å². The summed E-state index contributed by atoms with van der Waals surface area (Å²) in [6, 6.07) is 7.53. The molecule has 0 aromatic heterocycles. The van der Waals surface area contributed by atoms with Crippen molar-refractivity contribution >= 4 is 11.9 Å². The van der Waals surface area contributed by atoms with Gasteiger partial charge in [0, 0.05) is 13.1 Å². The molecule has 7 heteroatoms. The van der Waals surface area contributed by atoms with Crippen LogP contribution in [0.3, 0.4) is 0 Å². The Labute approximate surface area is 153 Å². The number of nitrogens with zero attached hydrogens (tertiary/aromatic N) is 1. The lowest BCUT2D eigenvalue weighted by molar-refractivity contribution is -0.159. The molecule has 0 aliphatic carbocycles. The van der Waals surface area contributed by atoms with Crippen LogP contribution in [0.5, 0.6) is 11.5 Å². The highest BCUT2D eigenvalue weighted by Crippen LogP contribution is 2.25. The molecule has 0 radical (unpaired) electrons. The van der Waals surface area contributed by atoms with Gasteiger partial charge >= 0.3 is 11.9 Å². The number of aliphatic carboxylic acids is 2. The largest absolute Gasteiger partial charge is 0.493 e. The molecule has 1 aromatic rings. The van der Waals surface area contributed by atoms with E-state index in [0.717, 1.165) is 13.1 Å². The van der Waals surface area contributed by atoms with Gasteiger partial charge in [-0.1, -0.05) is 36.1 Å². The summed E-state index contributed by atoms with van der Waals surface area (Å²) in [5, 5.41) is 14.8. The number of carboxylic acids is 2. The summed E-state index contributed by atoms with van der Waals surface area (Å²) < 4.78 is 10.8. The van der Waals surface area contributed by atoms with Crippen LogP contribution in [-0.4, -0.2) is 60.4 Å². The molecular formula is C19H23NO6. The Morgan fingerprint density at radius 3 is 2.08 bits per heavy atom. The Kier molecular flexibility index (Phi) is 12.4. The van der Waals surface area contributed by atoms with E-state index in [1.807, 2.05) is 36.4 Å². The number of benzene rings is 1. The number of hydrogen-bond donors (Lipinski definition) is 2. The van der Waals surface area contributed by atoms with E-state index in [-0.39, 0.29) is 0 Å². The number of ether oxygens (including phenoxy) is 2. The highest BCUT2D eigenvalue weighted by molar-refractivity contribution is 6.27. The monoisotopic (exact) mass is 361 g/mol. The molecule has 0 atom stereocenters. The van der Waals surface area contributed by atoms with Gasteiger partial charge in [0.25, 0.3) is 0 Å². The van der Waals surface area contributed by atoms with E-state index in [1.165, 1.54) is 0 Å². The molecule has 1 aromatic carbocycles. The van der Waals surface area contributed by atoms with Crippen LogP contribution in [0.25, 0.3) is 0 Å². The standard InChI is InChI=1S/C17H21NO2.C2H2O4/c1-4-12-18(13-5-2)14-8-9-15-20-17-11-7-6-10-16(17)19-3;3-1(4)2(5)6/h4-7,10-11H,1-2,12-15H2,3H3;(H,3,4)(H,5,6). The average molecular weight is 361 g/mol. The predicted molar refractivity (Wildman–Crippen MR) is 98.4 cm³/mol. The minimum atomic E-state index is -1.82. The number of methoxy groups -OCH3 is 1. The van der Waals surface area contributed by atoms with Crippen molar-refractivity contribution in [2.24, 2.45) is 0 Å². The van der Waals surface area contributed by atoms with Crippen molar-refractivity contribution in [3.63, 3.8) is 0 Å². The Morgan fingerprint density at radius 2 is 1.62 bits per heavy atom. The topological polar surface area (TPSA) is 96.3 Å². The van der Waals surface area contributed by atoms with E-state index in [0.29, 0.717) is 24.7 Å². The Morgan fingerprint density at radius 1 is 1.08 bits per heavy atom. The van der Waals surface area contributed by atoms with Crippen molar-refractivity contribution in [3.8, 4) is 23.3 Å². The van der Waals surface area contributed by atoms with Crippen LogP contribution >= 0.6 is 0 Å². The number of rotatable bonds is 8. The first kappa shape index (κ1) is 22.8. The molecule has 0 heterocycles. The molecule has 0 saturated heterocycles. The van der Waals surface area contributed by atoms with Gasteiger partial charge in [-0.25, -0.2) is 9.59 Å². The van der Waals surface area contributed by atoms with Crippen molar-refractivity contribution in [1.29, 1.82) is 0 Å². The molecule has 0 aliphatic rings. The van der Waals surface area contributed by atoms with Gasteiger partial charge < -0.3 is 19.7 Å². The minimum Gasteiger partial charge on any atom is -0.493 e. The Bertz CT molecular complexity index is 637. The minimum absolute atomic E-state index is 0.344. The Balaban J connectivity index is 0.000000896. The third-order valence-corrected chi connectivity index (χ3v) is 2.75. The smallest absolute Gasteiger partial charge is 0.414 e. The molecule has 2 N–H and O–H groups in total. The van der Waals surface area contributed by atoms with Crippen LogP contribution in [0.15, 0.2) is 49.6 Å². The molecular weight excluding hydrogens is 338 g/mol. The van der Waals surface area contributed by atoms with E-state index in [9.17, 15) is 0 Å². The van der Waals surface area contributed by atoms with Crippen LogP contribution in [-0.2, 0) is 9.59 Å². The predicted octanol–water partition coefficient (Wildman–Crippen LogP) is 1.91. The molecule has 0 unspecified atom stereocenters. The summed E-state index contributed by atoms with van der Waals surface area (Å²) in [4.78, 5) is 20.3. The fraction of sp³-hybridized carbons (Fsp3) is 0.263.